The molecule has 4 aromatic rings. The number of hydrogen-bond acceptors (Lipinski definition) is 5. The number of carbonyl (C=O) groups excluding carboxylic acids is 1. The SMILES string of the molecule is Cc1cc(-c2noc(C)c2NC(=O)OC(C)c2ccccc2F)ccc1-c1ccc(CC(=O)O)cc1. The van der Waals surface area contributed by atoms with Crippen LogP contribution in [0.3, 0.4) is 0 Å². The summed E-state index contributed by atoms with van der Waals surface area (Å²) in [6.07, 6.45) is -1.58. The van der Waals surface area contributed by atoms with E-state index in [-0.39, 0.29) is 12.0 Å². The Hall–Kier alpha value is -4.46. The minimum Gasteiger partial charge on any atom is -0.481 e. The maximum atomic E-state index is 14.0. The number of aromatic nitrogens is 1. The molecule has 1 atom stereocenters. The summed E-state index contributed by atoms with van der Waals surface area (Å²) in [5.74, 6) is -0.927. The number of carboxylic acid groups (broad SMARTS) is 1. The second kappa shape index (κ2) is 10.4. The number of hydrogen-bond donors (Lipinski definition) is 2. The highest BCUT2D eigenvalue weighted by Crippen LogP contribution is 2.34. The van der Waals surface area contributed by atoms with Crippen molar-refractivity contribution in [2.45, 2.75) is 33.3 Å². The summed E-state index contributed by atoms with van der Waals surface area (Å²) in [6, 6.07) is 19.2. The average Bonchev–Trinajstić information content (AvgIpc) is 3.19. The first-order valence-corrected chi connectivity index (χ1v) is 11.3. The Labute approximate surface area is 207 Å². The number of halogens is 1. The third-order valence-corrected chi connectivity index (χ3v) is 5.84. The largest absolute Gasteiger partial charge is 0.481 e. The second-order valence-electron chi connectivity index (χ2n) is 8.45. The highest BCUT2D eigenvalue weighted by atomic mass is 19.1. The smallest absolute Gasteiger partial charge is 0.412 e. The summed E-state index contributed by atoms with van der Waals surface area (Å²) in [5.41, 5.74) is 5.43. The van der Waals surface area contributed by atoms with Crippen molar-refractivity contribution in [3.8, 4) is 22.4 Å². The van der Waals surface area contributed by atoms with E-state index < -0.39 is 24.0 Å². The lowest BCUT2D eigenvalue weighted by Crippen LogP contribution is -2.17. The molecule has 4 rings (SSSR count). The molecule has 0 aliphatic rings. The van der Waals surface area contributed by atoms with Crippen LogP contribution in [0.2, 0.25) is 0 Å². The topological polar surface area (TPSA) is 102 Å². The zero-order valence-electron chi connectivity index (χ0n) is 20.0. The number of nitrogens with one attached hydrogen (secondary N) is 1. The number of aryl methyl sites for hydroxylation is 2. The predicted molar refractivity (Wildman–Crippen MR) is 133 cm³/mol. The molecule has 7 nitrogen and oxygen atoms in total. The fraction of sp³-hybridized carbons (Fsp3) is 0.179. The number of carbonyl (C=O) groups is 2. The number of amides is 1. The number of ether oxygens (including phenoxy) is 1. The van der Waals surface area contributed by atoms with E-state index in [1.807, 2.05) is 37.3 Å². The lowest BCUT2D eigenvalue weighted by Gasteiger charge is -2.15. The molecule has 1 amide bonds. The van der Waals surface area contributed by atoms with E-state index in [1.165, 1.54) is 6.07 Å². The van der Waals surface area contributed by atoms with Crippen LogP contribution in [0.1, 0.15) is 35.5 Å². The van der Waals surface area contributed by atoms with Crippen molar-refractivity contribution in [2.24, 2.45) is 0 Å². The van der Waals surface area contributed by atoms with Crippen LogP contribution in [0.15, 0.2) is 71.3 Å². The third kappa shape index (κ3) is 5.43. The van der Waals surface area contributed by atoms with Gasteiger partial charge in [0.15, 0.2) is 5.76 Å². The molecule has 0 fully saturated rings. The van der Waals surface area contributed by atoms with Gasteiger partial charge in [0.05, 0.1) is 6.42 Å². The van der Waals surface area contributed by atoms with Gasteiger partial charge < -0.3 is 14.4 Å². The Balaban J connectivity index is 1.53. The van der Waals surface area contributed by atoms with Gasteiger partial charge in [0.25, 0.3) is 0 Å². The van der Waals surface area contributed by atoms with Crippen molar-refractivity contribution in [2.75, 3.05) is 5.32 Å². The summed E-state index contributed by atoms with van der Waals surface area (Å²) < 4.78 is 24.7. The van der Waals surface area contributed by atoms with E-state index in [9.17, 15) is 14.0 Å². The van der Waals surface area contributed by atoms with Gasteiger partial charge in [-0.05, 0) is 55.2 Å². The first-order valence-electron chi connectivity index (χ1n) is 11.3. The Kier molecular flexibility index (Phi) is 7.15. The highest BCUT2D eigenvalue weighted by Gasteiger charge is 2.21. The standard InChI is InChI=1S/C28H25FN2O5/c1-16-14-21(12-13-22(16)20-10-8-19(9-11-20)15-25(32)33)27-26(18(3)36-31-27)30-28(34)35-17(2)23-6-4-5-7-24(23)29/h4-14,17H,15H2,1-3H3,(H,30,34)(H,32,33). The van der Waals surface area contributed by atoms with Gasteiger partial charge in [-0.2, -0.15) is 0 Å². The number of aliphatic carboxylic acids is 1. The van der Waals surface area contributed by atoms with Crippen LogP contribution >= 0.6 is 0 Å². The lowest BCUT2D eigenvalue weighted by atomic mass is 9.96. The summed E-state index contributed by atoms with van der Waals surface area (Å²) in [4.78, 5) is 23.5. The van der Waals surface area contributed by atoms with Gasteiger partial charge >= 0.3 is 12.1 Å². The van der Waals surface area contributed by atoms with Crippen LogP contribution in [0.4, 0.5) is 14.9 Å². The van der Waals surface area contributed by atoms with Crippen molar-refractivity contribution in [3.63, 3.8) is 0 Å². The molecule has 184 valence electrons. The minimum atomic E-state index is -0.874. The molecule has 0 aliphatic carbocycles. The van der Waals surface area contributed by atoms with Gasteiger partial charge in [-0.3, -0.25) is 10.1 Å². The normalized spacial score (nSPS) is 11.7. The summed E-state index contributed by atoms with van der Waals surface area (Å²) >= 11 is 0. The van der Waals surface area contributed by atoms with Gasteiger partial charge in [-0.15, -0.1) is 0 Å². The highest BCUT2D eigenvalue weighted by molar-refractivity contribution is 5.91. The number of anilines is 1. The first kappa shape index (κ1) is 24.7. The average molecular weight is 489 g/mol. The Morgan fingerprint density at radius 2 is 1.75 bits per heavy atom. The molecule has 0 aliphatic heterocycles. The Bertz CT molecular complexity index is 1410. The molecule has 0 bridgehead atoms. The molecule has 1 heterocycles. The Morgan fingerprint density at radius 1 is 1.06 bits per heavy atom. The monoisotopic (exact) mass is 488 g/mol. The van der Waals surface area contributed by atoms with E-state index in [1.54, 1.807) is 44.2 Å². The van der Waals surface area contributed by atoms with Crippen molar-refractivity contribution < 1.29 is 28.3 Å². The Morgan fingerprint density at radius 3 is 2.42 bits per heavy atom. The fourth-order valence-corrected chi connectivity index (χ4v) is 3.99. The van der Waals surface area contributed by atoms with Crippen molar-refractivity contribution in [1.82, 2.24) is 5.16 Å². The molecule has 8 heteroatoms. The van der Waals surface area contributed by atoms with Gasteiger partial charge in [0.2, 0.25) is 0 Å². The van der Waals surface area contributed by atoms with Crippen LogP contribution in [-0.2, 0) is 16.0 Å². The number of rotatable bonds is 7. The fourth-order valence-electron chi connectivity index (χ4n) is 3.99. The van der Waals surface area contributed by atoms with E-state index in [0.29, 0.717) is 17.1 Å². The molecule has 3 aromatic carbocycles. The van der Waals surface area contributed by atoms with Crippen LogP contribution in [0.5, 0.6) is 0 Å². The predicted octanol–water partition coefficient (Wildman–Crippen LogP) is 6.70. The van der Waals surface area contributed by atoms with Crippen molar-refractivity contribution in [1.29, 1.82) is 0 Å². The maximum Gasteiger partial charge on any atom is 0.412 e. The molecule has 0 saturated carbocycles. The number of benzene rings is 3. The van der Waals surface area contributed by atoms with Gasteiger partial charge in [-0.1, -0.05) is 59.8 Å². The lowest BCUT2D eigenvalue weighted by molar-refractivity contribution is -0.136. The quantitative estimate of drug-likeness (QED) is 0.300. The summed E-state index contributed by atoms with van der Waals surface area (Å²) in [7, 11) is 0. The molecule has 0 spiro atoms. The minimum absolute atomic E-state index is 0.0268. The summed E-state index contributed by atoms with van der Waals surface area (Å²) in [6.45, 7) is 5.22. The molecule has 1 unspecified atom stereocenters. The van der Waals surface area contributed by atoms with Crippen LogP contribution in [0.25, 0.3) is 22.4 Å². The van der Waals surface area contributed by atoms with E-state index in [0.717, 1.165) is 27.8 Å². The zero-order valence-corrected chi connectivity index (χ0v) is 20.0. The van der Waals surface area contributed by atoms with Gasteiger partial charge in [0, 0.05) is 11.1 Å². The molecule has 36 heavy (non-hydrogen) atoms. The molecule has 0 saturated heterocycles. The molecule has 2 N–H and O–H groups in total. The van der Waals surface area contributed by atoms with Crippen molar-refractivity contribution >= 4 is 17.7 Å². The molecular weight excluding hydrogens is 463 g/mol. The van der Waals surface area contributed by atoms with E-state index in [4.69, 9.17) is 14.4 Å². The maximum absolute atomic E-state index is 14.0. The third-order valence-electron chi connectivity index (χ3n) is 5.84. The summed E-state index contributed by atoms with van der Waals surface area (Å²) in [5, 5.41) is 15.7. The van der Waals surface area contributed by atoms with Crippen LogP contribution < -0.4 is 5.32 Å². The second-order valence-corrected chi connectivity index (χ2v) is 8.45. The van der Waals surface area contributed by atoms with Crippen LogP contribution in [0, 0.1) is 19.7 Å². The van der Waals surface area contributed by atoms with E-state index in [2.05, 4.69) is 10.5 Å². The molecule has 0 radical (unpaired) electrons. The zero-order chi connectivity index (χ0) is 25.8. The van der Waals surface area contributed by atoms with Gasteiger partial charge in [-0.25, -0.2) is 9.18 Å². The number of nitrogens with zero attached hydrogens (tertiary/aromatic N) is 1. The molecule has 1 aromatic heterocycles. The van der Waals surface area contributed by atoms with Crippen LogP contribution in [-0.4, -0.2) is 22.3 Å². The van der Waals surface area contributed by atoms with Crippen molar-refractivity contribution in [3.05, 3.63) is 95.0 Å². The van der Waals surface area contributed by atoms with Gasteiger partial charge in [0.1, 0.15) is 23.3 Å². The van der Waals surface area contributed by atoms with E-state index >= 15 is 0 Å². The number of carboxylic acids is 1. The molecular formula is C28H25FN2O5. The first-order chi connectivity index (χ1) is 17.2.